The van der Waals surface area contributed by atoms with Crippen LogP contribution in [0.15, 0.2) is 24.3 Å². The number of hydrogen-bond acceptors (Lipinski definition) is 2. The highest BCUT2D eigenvalue weighted by molar-refractivity contribution is 5.94. The maximum absolute atomic E-state index is 11.4. The van der Waals surface area contributed by atoms with E-state index in [0.29, 0.717) is 12.1 Å². The second-order valence-corrected chi connectivity index (χ2v) is 3.03. The molecule has 3 nitrogen and oxygen atoms in total. The number of amides is 1. The Balaban J connectivity index is 0.00000106. The van der Waals surface area contributed by atoms with E-state index in [9.17, 15) is 4.79 Å². The molecular weight excluding hydrogens is 202 g/mol. The smallest absolute Gasteiger partial charge is 0.251 e. The number of nitrogens with one attached hydrogen (secondary N) is 1. The second kappa shape index (κ2) is 8.92. The zero-order valence-corrected chi connectivity index (χ0v) is 10.3. The van der Waals surface area contributed by atoms with Crippen LogP contribution in [0.3, 0.4) is 0 Å². The van der Waals surface area contributed by atoms with Crippen molar-refractivity contribution in [3.8, 4) is 0 Å². The third kappa shape index (κ3) is 4.94. The molecule has 0 spiro atoms. The number of benzene rings is 1. The Morgan fingerprint density at radius 1 is 1.38 bits per heavy atom. The Morgan fingerprint density at radius 2 is 2.06 bits per heavy atom. The van der Waals surface area contributed by atoms with Gasteiger partial charge in [-0.1, -0.05) is 32.9 Å². The van der Waals surface area contributed by atoms with Gasteiger partial charge in [-0.25, -0.2) is 0 Å². The molecule has 0 aliphatic rings. The molecule has 1 aromatic rings. The summed E-state index contributed by atoms with van der Waals surface area (Å²) in [4.78, 5) is 11.4. The Bertz CT molecular complexity index is 311. The van der Waals surface area contributed by atoms with Crippen LogP contribution in [0.5, 0.6) is 0 Å². The molecule has 0 atom stereocenters. The van der Waals surface area contributed by atoms with Crippen molar-refractivity contribution in [1.82, 2.24) is 5.32 Å². The van der Waals surface area contributed by atoms with E-state index < -0.39 is 0 Å². The molecular formula is C13H21NO2. The number of rotatable bonds is 4. The van der Waals surface area contributed by atoms with Crippen LogP contribution < -0.4 is 5.32 Å². The molecule has 0 aromatic heterocycles. The molecule has 0 unspecified atom stereocenters. The average molecular weight is 223 g/mol. The van der Waals surface area contributed by atoms with Gasteiger partial charge < -0.3 is 10.4 Å². The minimum atomic E-state index is -0.130. The van der Waals surface area contributed by atoms with Gasteiger partial charge in [-0.15, -0.1) is 0 Å². The predicted octanol–water partition coefficient (Wildman–Crippen LogP) is 2.00. The molecule has 0 saturated carbocycles. The van der Waals surface area contributed by atoms with Crippen LogP contribution in [0.25, 0.3) is 0 Å². The highest BCUT2D eigenvalue weighted by atomic mass is 16.3. The van der Waals surface area contributed by atoms with Gasteiger partial charge in [-0.3, -0.25) is 4.79 Å². The average Bonchev–Trinajstić information content (AvgIpc) is 2.38. The maximum atomic E-state index is 11.4. The normalized spacial score (nSPS) is 9.00. The summed E-state index contributed by atoms with van der Waals surface area (Å²) in [5.74, 6) is -0.130. The van der Waals surface area contributed by atoms with Crippen LogP contribution in [-0.2, 0) is 6.42 Å². The van der Waals surface area contributed by atoms with E-state index in [2.05, 4.69) is 5.32 Å². The van der Waals surface area contributed by atoms with E-state index >= 15 is 0 Å². The monoisotopic (exact) mass is 223 g/mol. The van der Waals surface area contributed by atoms with Crippen molar-refractivity contribution in [2.24, 2.45) is 0 Å². The fourth-order valence-corrected chi connectivity index (χ4v) is 1.20. The SMILES string of the molecule is CC.CCc1cccc(C(=O)NCCO)c1. The summed E-state index contributed by atoms with van der Waals surface area (Å²) < 4.78 is 0. The van der Waals surface area contributed by atoms with Gasteiger partial charge in [0.1, 0.15) is 0 Å². The van der Waals surface area contributed by atoms with Gasteiger partial charge in [0.15, 0.2) is 0 Å². The van der Waals surface area contributed by atoms with Crippen LogP contribution >= 0.6 is 0 Å². The van der Waals surface area contributed by atoms with E-state index in [1.54, 1.807) is 6.07 Å². The molecule has 0 radical (unpaired) electrons. The summed E-state index contributed by atoms with van der Waals surface area (Å²) in [7, 11) is 0. The number of carbonyl (C=O) groups excluding carboxylic acids is 1. The standard InChI is InChI=1S/C11H15NO2.C2H6/c1-2-9-4-3-5-10(8-9)11(14)12-6-7-13;1-2/h3-5,8,13H,2,6-7H2,1H3,(H,12,14);1-2H3. The second-order valence-electron chi connectivity index (χ2n) is 3.03. The highest BCUT2D eigenvalue weighted by Crippen LogP contribution is 2.05. The number of aryl methyl sites for hydroxylation is 1. The molecule has 0 bridgehead atoms. The van der Waals surface area contributed by atoms with Gasteiger partial charge in [0.2, 0.25) is 0 Å². The summed E-state index contributed by atoms with van der Waals surface area (Å²) in [6, 6.07) is 7.49. The molecule has 90 valence electrons. The number of hydrogen-bond donors (Lipinski definition) is 2. The first-order valence-corrected chi connectivity index (χ1v) is 5.76. The lowest BCUT2D eigenvalue weighted by Gasteiger charge is -2.04. The summed E-state index contributed by atoms with van der Waals surface area (Å²) in [5, 5.41) is 11.2. The summed E-state index contributed by atoms with van der Waals surface area (Å²) in [5.41, 5.74) is 1.79. The van der Waals surface area contributed by atoms with Crippen LogP contribution in [0.4, 0.5) is 0 Å². The van der Waals surface area contributed by atoms with Gasteiger partial charge in [0.25, 0.3) is 5.91 Å². The number of carbonyl (C=O) groups is 1. The third-order valence-electron chi connectivity index (χ3n) is 1.99. The molecule has 0 heterocycles. The van der Waals surface area contributed by atoms with Crippen molar-refractivity contribution >= 4 is 5.91 Å². The van der Waals surface area contributed by atoms with Crippen LogP contribution in [0.1, 0.15) is 36.7 Å². The van der Waals surface area contributed by atoms with Crippen molar-refractivity contribution in [3.05, 3.63) is 35.4 Å². The molecule has 0 aliphatic carbocycles. The fraction of sp³-hybridized carbons (Fsp3) is 0.462. The minimum absolute atomic E-state index is 0.0286. The molecule has 1 rings (SSSR count). The zero-order valence-electron chi connectivity index (χ0n) is 10.3. The van der Waals surface area contributed by atoms with E-state index in [4.69, 9.17) is 5.11 Å². The van der Waals surface area contributed by atoms with Gasteiger partial charge in [0, 0.05) is 12.1 Å². The van der Waals surface area contributed by atoms with Crippen molar-refractivity contribution in [2.75, 3.05) is 13.2 Å². The molecule has 1 amide bonds. The quantitative estimate of drug-likeness (QED) is 0.820. The van der Waals surface area contributed by atoms with Crippen molar-refractivity contribution in [1.29, 1.82) is 0 Å². The highest BCUT2D eigenvalue weighted by Gasteiger charge is 2.03. The molecule has 0 fully saturated rings. The first-order chi connectivity index (χ1) is 7.77. The van der Waals surface area contributed by atoms with Crippen molar-refractivity contribution < 1.29 is 9.90 Å². The molecule has 0 aliphatic heterocycles. The van der Waals surface area contributed by atoms with Gasteiger partial charge in [-0.05, 0) is 24.1 Å². The van der Waals surface area contributed by atoms with Gasteiger partial charge >= 0.3 is 0 Å². The van der Waals surface area contributed by atoms with Gasteiger partial charge in [-0.2, -0.15) is 0 Å². The van der Waals surface area contributed by atoms with E-state index in [1.807, 2.05) is 39.0 Å². The maximum Gasteiger partial charge on any atom is 0.251 e. The van der Waals surface area contributed by atoms with E-state index in [1.165, 1.54) is 0 Å². The van der Waals surface area contributed by atoms with Crippen LogP contribution in [0, 0.1) is 0 Å². The first kappa shape index (κ1) is 14.6. The minimum Gasteiger partial charge on any atom is -0.395 e. The lowest BCUT2D eigenvalue weighted by molar-refractivity contribution is 0.0944. The topological polar surface area (TPSA) is 49.3 Å². The Hall–Kier alpha value is -1.35. The predicted molar refractivity (Wildman–Crippen MR) is 66.6 cm³/mol. The molecule has 0 saturated heterocycles. The molecule has 2 N–H and O–H groups in total. The Kier molecular flexibility index (Phi) is 8.17. The molecule has 16 heavy (non-hydrogen) atoms. The van der Waals surface area contributed by atoms with Crippen molar-refractivity contribution in [3.63, 3.8) is 0 Å². The van der Waals surface area contributed by atoms with Crippen molar-refractivity contribution in [2.45, 2.75) is 27.2 Å². The number of aliphatic hydroxyl groups excluding tert-OH is 1. The third-order valence-corrected chi connectivity index (χ3v) is 1.99. The summed E-state index contributed by atoms with van der Waals surface area (Å²) in [6.45, 7) is 6.32. The largest absolute Gasteiger partial charge is 0.395 e. The zero-order chi connectivity index (χ0) is 12.4. The lowest BCUT2D eigenvalue weighted by Crippen LogP contribution is -2.26. The molecule has 1 aromatic carbocycles. The van der Waals surface area contributed by atoms with Crippen LogP contribution in [-0.4, -0.2) is 24.2 Å². The summed E-state index contributed by atoms with van der Waals surface area (Å²) in [6.07, 6.45) is 0.918. The lowest BCUT2D eigenvalue weighted by atomic mass is 10.1. The van der Waals surface area contributed by atoms with Crippen LogP contribution in [0.2, 0.25) is 0 Å². The Morgan fingerprint density at radius 3 is 2.62 bits per heavy atom. The fourth-order valence-electron chi connectivity index (χ4n) is 1.20. The molecule has 3 heteroatoms. The Labute approximate surface area is 97.5 Å². The first-order valence-electron chi connectivity index (χ1n) is 5.76. The summed E-state index contributed by atoms with van der Waals surface area (Å²) >= 11 is 0. The van der Waals surface area contributed by atoms with E-state index in [-0.39, 0.29) is 12.5 Å². The van der Waals surface area contributed by atoms with Gasteiger partial charge in [0.05, 0.1) is 6.61 Å². The number of aliphatic hydroxyl groups is 1. The van der Waals surface area contributed by atoms with E-state index in [0.717, 1.165) is 12.0 Å².